The Bertz CT molecular complexity index is 113. The third kappa shape index (κ3) is 1.17. The summed E-state index contributed by atoms with van der Waals surface area (Å²) in [6.45, 7) is 2.13. The van der Waals surface area contributed by atoms with Crippen LogP contribution in [0.3, 0.4) is 0 Å². The summed E-state index contributed by atoms with van der Waals surface area (Å²) in [5.41, 5.74) is 0. The van der Waals surface area contributed by atoms with Crippen LogP contribution in [-0.2, 0) is 0 Å². The third-order valence-corrected chi connectivity index (χ3v) is 2.63. The lowest BCUT2D eigenvalue weighted by Crippen LogP contribution is -2.03. The van der Waals surface area contributed by atoms with Gasteiger partial charge in [-0.25, -0.2) is 4.40 Å². The first-order valence-electron chi connectivity index (χ1n) is 2.70. The first-order valence-corrected chi connectivity index (χ1v) is 4.02. The number of nitrogens with zero attached hydrogens (tertiary/aromatic N) is 1. The number of halogens is 1. The number of hydrogen-bond acceptors (Lipinski definition) is 2. The molecule has 1 nitrogen and oxygen atoms in total. The van der Waals surface area contributed by atoms with Gasteiger partial charge in [0.1, 0.15) is 5.17 Å². The highest BCUT2D eigenvalue weighted by atomic mass is 35.5. The minimum Gasteiger partial charge on any atom is -0.209 e. The van der Waals surface area contributed by atoms with Gasteiger partial charge in [0.25, 0.3) is 0 Å². The molecule has 0 N–H and O–H groups in total. The molecule has 1 aliphatic heterocycles. The highest BCUT2D eigenvalue weighted by molar-refractivity contribution is 7.98. The molecule has 0 saturated heterocycles. The van der Waals surface area contributed by atoms with E-state index in [2.05, 4.69) is 11.3 Å². The average Bonchev–Trinajstić information content (AvgIpc) is 2.14. The zero-order chi connectivity index (χ0) is 5.98. The van der Waals surface area contributed by atoms with E-state index in [1.165, 1.54) is 0 Å². The van der Waals surface area contributed by atoms with Crippen molar-refractivity contribution in [3.05, 3.63) is 0 Å². The zero-order valence-electron chi connectivity index (χ0n) is 4.72. The summed E-state index contributed by atoms with van der Waals surface area (Å²) in [7, 11) is 0. The summed E-state index contributed by atoms with van der Waals surface area (Å²) in [6.07, 6.45) is 1.12. The second kappa shape index (κ2) is 2.74. The SMILES string of the molecule is CCC1CSN=C1Cl. The molecule has 0 saturated carbocycles. The molecule has 0 aromatic heterocycles. The van der Waals surface area contributed by atoms with E-state index >= 15 is 0 Å². The van der Waals surface area contributed by atoms with Gasteiger partial charge in [0.05, 0.1) is 0 Å². The van der Waals surface area contributed by atoms with Crippen LogP contribution >= 0.6 is 23.5 Å². The predicted octanol–water partition coefficient (Wildman–Crippen LogP) is 2.31. The maximum absolute atomic E-state index is 5.71. The fourth-order valence-corrected chi connectivity index (χ4v) is 2.01. The second-order valence-electron chi connectivity index (χ2n) is 1.81. The van der Waals surface area contributed by atoms with Crippen LogP contribution in [0.1, 0.15) is 13.3 Å². The van der Waals surface area contributed by atoms with E-state index in [-0.39, 0.29) is 0 Å². The standard InChI is InChI=1S/C5H8ClNS/c1-2-4-3-8-7-5(4)6/h4H,2-3H2,1H3. The van der Waals surface area contributed by atoms with Gasteiger partial charge in [-0.15, -0.1) is 0 Å². The third-order valence-electron chi connectivity index (χ3n) is 1.26. The van der Waals surface area contributed by atoms with Crippen molar-refractivity contribution in [3.63, 3.8) is 0 Å². The van der Waals surface area contributed by atoms with Crippen LogP contribution in [0, 0.1) is 5.92 Å². The minimum absolute atomic E-state index is 0.543. The molecule has 1 atom stereocenters. The molecule has 1 aliphatic rings. The molecule has 0 aromatic rings. The van der Waals surface area contributed by atoms with E-state index in [0.717, 1.165) is 17.3 Å². The van der Waals surface area contributed by atoms with E-state index in [0.29, 0.717) is 5.92 Å². The normalized spacial score (nSPS) is 28.2. The van der Waals surface area contributed by atoms with Crippen LogP contribution in [0.25, 0.3) is 0 Å². The van der Waals surface area contributed by atoms with Crippen molar-refractivity contribution in [2.24, 2.45) is 10.3 Å². The van der Waals surface area contributed by atoms with Gasteiger partial charge in [-0.05, 0) is 18.4 Å². The molecular weight excluding hydrogens is 142 g/mol. The maximum atomic E-state index is 5.71. The van der Waals surface area contributed by atoms with Crippen LogP contribution in [0.15, 0.2) is 4.40 Å². The van der Waals surface area contributed by atoms with Gasteiger partial charge in [0.15, 0.2) is 0 Å². The topological polar surface area (TPSA) is 12.4 Å². The highest BCUT2D eigenvalue weighted by Gasteiger charge is 2.17. The van der Waals surface area contributed by atoms with Gasteiger partial charge in [-0.3, -0.25) is 0 Å². The van der Waals surface area contributed by atoms with Gasteiger partial charge in [0.2, 0.25) is 0 Å². The number of rotatable bonds is 1. The van der Waals surface area contributed by atoms with Crippen LogP contribution in [0.4, 0.5) is 0 Å². The highest BCUT2D eigenvalue weighted by Crippen LogP contribution is 2.25. The maximum Gasteiger partial charge on any atom is 0.118 e. The van der Waals surface area contributed by atoms with Gasteiger partial charge < -0.3 is 0 Å². The Morgan fingerprint density at radius 3 is 3.00 bits per heavy atom. The molecule has 3 heteroatoms. The summed E-state index contributed by atoms with van der Waals surface area (Å²) in [4.78, 5) is 0. The minimum atomic E-state index is 0.543. The van der Waals surface area contributed by atoms with Crippen LogP contribution in [0.5, 0.6) is 0 Å². The summed E-state index contributed by atoms with van der Waals surface area (Å²) < 4.78 is 3.99. The summed E-state index contributed by atoms with van der Waals surface area (Å²) in [5, 5.41) is 0.803. The van der Waals surface area contributed by atoms with Gasteiger partial charge in [0, 0.05) is 11.7 Å². The molecule has 0 bridgehead atoms. The van der Waals surface area contributed by atoms with Crippen molar-refractivity contribution in [2.75, 3.05) is 5.75 Å². The van der Waals surface area contributed by atoms with Crippen LogP contribution < -0.4 is 0 Å². The van der Waals surface area contributed by atoms with Crippen molar-refractivity contribution in [1.82, 2.24) is 0 Å². The zero-order valence-corrected chi connectivity index (χ0v) is 6.30. The van der Waals surface area contributed by atoms with E-state index in [1.54, 1.807) is 11.9 Å². The Labute approximate surface area is 58.7 Å². The molecule has 0 radical (unpaired) electrons. The molecule has 1 unspecified atom stereocenters. The smallest absolute Gasteiger partial charge is 0.118 e. The molecule has 0 aliphatic carbocycles. The van der Waals surface area contributed by atoms with Crippen molar-refractivity contribution < 1.29 is 0 Å². The van der Waals surface area contributed by atoms with Crippen molar-refractivity contribution in [3.8, 4) is 0 Å². The number of hydrogen-bond donors (Lipinski definition) is 0. The van der Waals surface area contributed by atoms with E-state index < -0.39 is 0 Å². The molecule has 0 spiro atoms. The largest absolute Gasteiger partial charge is 0.209 e. The van der Waals surface area contributed by atoms with E-state index in [4.69, 9.17) is 11.6 Å². The fourth-order valence-electron chi connectivity index (χ4n) is 0.618. The molecule has 0 fully saturated rings. The molecule has 46 valence electrons. The van der Waals surface area contributed by atoms with E-state index in [1.807, 2.05) is 0 Å². The molecule has 1 heterocycles. The van der Waals surface area contributed by atoms with Crippen LogP contribution in [0.2, 0.25) is 0 Å². The summed E-state index contributed by atoms with van der Waals surface area (Å²) >= 11 is 7.28. The summed E-state index contributed by atoms with van der Waals surface area (Å²) in [5.74, 6) is 1.62. The molecule has 0 amide bonds. The Morgan fingerprint density at radius 1 is 2.00 bits per heavy atom. The van der Waals surface area contributed by atoms with Crippen molar-refractivity contribution in [1.29, 1.82) is 0 Å². The van der Waals surface area contributed by atoms with Gasteiger partial charge >= 0.3 is 0 Å². The van der Waals surface area contributed by atoms with Crippen molar-refractivity contribution >= 4 is 28.7 Å². The Balaban J connectivity index is 2.46. The molecule has 1 rings (SSSR count). The first-order chi connectivity index (χ1) is 3.84. The van der Waals surface area contributed by atoms with Gasteiger partial charge in [-0.2, -0.15) is 0 Å². The Hall–Kier alpha value is 0.310. The molecule has 0 aromatic carbocycles. The quantitative estimate of drug-likeness (QED) is 0.522. The fraction of sp³-hybridized carbons (Fsp3) is 0.800. The predicted molar refractivity (Wildman–Crippen MR) is 39.5 cm³/mol. The lowest BCUT2D eigenvalue weighted by Gasteiger charge is -1.99. The Morgan fingerprint density at radius 2 is 2.75 bits per heavy atom. The van der Waals surface area contributed by atoms with Crippen LogP contribution in [-0.4, -0.2) is 10.9 Å². The van der Waals surface area contributed by atoms with Gasteiger partial charge in [-0.1, -0.05) is 18.5 Å². The lowest BCUT2D eigenvalue weighted by molar-refractivity contribution is 0.771. The summed E-state index contributed by atoms with van der Waals surface area (Å²) in [6, 6.07) is 0. The second-order valence-corrected chi connectivity index (χ2v) is 2.98. The lowest BCUT2D eigenvalue weighted by atomic mass is 10.1. The van der Waals surface area contributed by atoms with E-state index in [9.17, 15) is 0 Å². The first kappa shape index (κ1) is 6.43. The Kier molecular flexibility index (Phi) is 2.20. The van der Waals surface area contributed by atoms with Crippen molar-refractivity contribution in [2.45, 2.75) is 13.3 Å². The monoisotopic (exact) mass is 149 g/mol. The molecule has 8 heavy (non-hydrogen) atoms. The average molecular weight is 150 g/mol. The molecular formula is C5H8ClNS.